The van der Waals surface area contributed by atoms with Crippen molar-refractivity contribution < 1.29 is 13.9 Å². The minimum absolute atomic E-state index is 0.462. The van der Waals surface area contributed by atoms with Gasteiger partial charge in [-0.05, 0) is 48.0 Å². The van der Waals surface area contributed by atoms with Crippen LogP contribution in [0.25, 0.3) is 0 Å². The number of thiocarbonyl (C=S) groups is 1. The lowest BCUT2D eigenvalue weighted by Crippen LogP contribution is -2.21. The van der Waals surface area contributed by atoms with E-state index in [4.69, 9.17) is 26.1 Å². The second kappa shape index (κ2) is 8.87. The van der Waals surface area contributed by atoms with Gasteiger partial charge in [0.15, 0.2) is 11.5 Å². The van der Waals surface area contributed by atoms with Gasteiger partial charge in [-0.2, -0.15) is 0 Å². The van der Waals surface area contributed by atoms with Crippen LogP contribution in [-0.2, 0) is 13.2 Å². The van der Waals surface area contributed by atoms with Crippen molar-refractivity contribution in [2.24, 2.45) is 0 Å². The van der Waals surface area contributed by atoms with Crippen molar-refractivity contribution in [2.75, 3.05) is 7.11 Å². The van der Waals surface area contributed by atoms with Gasteiger partial charge < -0.3 is 19.2 Å². The molecule has 3 rings (SSSR count). The maximum absolute atomic E-state index is 5.89. The third kappa shape index (κ3) is 4.86. The van der Waals surface area contributed by atoms with E-state index in [2.05, 4.69) is 21.2 Å². The molecule has 1 heterocycles. The number of methoxy groups -OCH3 is 1. The van der Waals surface area contributed by atoms with Gasteiger partial charge >= 0.3 is 0 Å². The zero-order valence-corrected chi connectivity index (χ0v) is 16.6. The van der Waals surface area contributed by atoms with Crippen molar-refractivity contribution in [1.82, 2.24) is 5.32 Å². The van der Waals surface area contributed by atoms with Crippen LogP contribution in [0.3, 0.4) is 0 Å². The summed E-state index contributed by atoms with van der Waals surface area (Å²) in [6.45, 7) is 1.00. The summed E-state index contributed by atoms with van der Waals surface area (Å²) in [5.74, 6) is 2.14. The van der Waals surface area contributed by atoms with Crippen LogP contribution in [0.2, 0.25) is 0 Å². The fourth-order valence-corrected chi connectivity index (χ4v) is 2.82. The Morgan fingerprint density at radius 1 is 1.12 bits per heavy atom. The van der Waals surface area contributed by atoms with Crippen molar-refractivity contribution in [3.63, 3.8) is 0 Å². The third-order valence-electron chi connectivity index (χ3n) is 3.74. The lowest BCUT2D eigenvalue weighted by atomic mass is 10.2. The zero-order valence-electron chi connectivity index (χ0n) is 14.2. The largest absolute Gasteiger partial charge is 0.493 e. The molecule has 134 valence electrons. The van der Waals surface area contributed by atoms with Gasteiger partial charge in [0, 0.05) is 10.0 Å². The van der Waals surface area contributed by atoms with Crippen LogP contribution >= 0.6 is 28.1 Å². The second-order valence-corrected chi connectivity index (χ2v) is 6.87. The maximum Gasteiger partial charge on any atom is 0.161 e. The summed E-state index contributed by atoms with van der Waals surface area (Å²) in [7, 11) is 1.62. The number of halogens is 1. The minimum atomic E-state index is 0.462. The normalized spacial score (nSPS) is 10.4. The first-order chi connectivity index (χ1) is 12.7. The van der Waals surface area contributed by atoms with Crippen LogP contribution in [0, 0.1) is 0 Å². The minimum Gasteiger partial charge on any atom is -0.493 e. The molecule has 2 aromatic carbocycles. The van der Waals surface area contributed by atoms with Gasteiger partial charge in [-0.1, -0.05) is 40.3 Å². The Bertz CT molecular complexity index is 863. The SMILES string of the molecule is COc1cc(C(=S)NCc2ccco2)ccc1OCc1ccc(Br)cc1. The molecule has 0 aliphatic carbocycles. The highest BCUT2D eigenvalue weighted by Crippen LogP contribution is 2.29. The lowest BCUT2D eigenvalue weighted by molar-refractivity contribution is 0.284. The predicted octanol–water partition coefficient (Wildman–Crippen LogP) is 5.10. The summed E-state index contributed by atoms with van der Waals surface area (Å²) in [4.78, 5) is 0.624. The Hall–Kier alpha value is -2.31. The van der Waals surface area contributed by atoms with Gasteiger partial charge in [0.05, 0.1) is 19.9 Å². The monoisotopic (exact) mass is 431 g/mol. The van der Waals surface area contributed by atoms with Gasteiger partial charge in [-0.3, -0.25) is 0 Å². The van der Waals surface area contributed by atoms with Crippen LogP contribution < -0.4 is 14.8 Å². The molecular weight excluding hydrogens is 414 g/mol. The molecule has 0 unspecified atom stereocenters. The van der Waals surface area contributed by atoms with E-state index < -0.39 is 0 Å². The standard InChI is InChI=1S/C20H18BrNO3S/c1-23-19-11-15(20(26)22-12-17-3-2-10-24-17)6-9-18(19)25-13-14-4-7-16(21)8-5-14/h2-11H,12-13H2,1H3,(H,22,26). The van der Waals surface area contributed by atoms with Gasteiger partial charge in [0.25, 0.3) is 0 Å². The number of benzene rings is 2. The summed E-state index contributed by atoms with van der Waals surface area (Å²) < 4.78 is 17.7. The van der Waals surface area contributed by atoms with Gasteiger partial charge in [-0.25, -0.2) is 0 Å². The Morgan fingerprint density at radius 3 is 2.62 bits per heavy atom. The molecule has 0 aliphatic heterocycles. The van der Waals surface area contributed by atoms with Crippen molar-refractivity contribution in [1.29, 1.82) is 0 Å². The van der Waals surface area contributed by atoms with E-state index in [1.54, 1.807) is 13.4 Å². The summed E-state index contributed by atoms with van der Waals surface area (Å²) in [5.41, 5.74) is 1.94. The lowest BCUT2D eigenvalue weighted by Gasteiger charge is -2.13. The number of hydrogen-bond acceptors (Lipinski definition) is 4. The van der Waals surface area contributed by atoms with Crippen LogP contribution in [0.5, 0.6) is 11.5 Å². The first-order valence-electron chi connectivity index (χ1n) is 8.01. The molecule has 0 saturated heterocycles. The summed E-state index contributed by atoms with van der Waals surface area (Å²) in [6, 6.07) is 17.4. The zero-order chi connectivity index (χ0) is 18.4. The van der Waals surface area contributed by atoms with Crippen molar-refractivity contribution >= 4 is 33.1 Å². The molecule has 0 spiro atoms. The maximum atomic E-state index is 5.89. The molecule has 0 radical (unpaired) electrons. The van der Waals surface area contributed by atoms with Crippen LogP contribution in [0.15, 0.2) is 69.8 Å². The molecule has 0 aliphatic rings. The quantitative estimate of drug-likeness (QED) is 0.527. The molecule has 0 amide bonds. The number of furan rings is 1. The Kier molecular flexibility index (Phi) is 6.30. The van der Waals surface area contributed by atoms with Gasteiger partial charge in [-0.15, -0.1) is 0 Å². The molecule has 6 heteroatoms. The number of nitrogens with one attached hydrogen (secondary N) is 1. The van der Waals surface area contributed by atoms with E-state index in [1.807, 2.05) is 54.6 Å². The summed E-state index contributed by atoms with van der Waals surface area (Å²) in [5, 5.41) is 3.17. The number of hydrogen-bond donors (Lipinski definition) is 1. The predicted molar refractivity (Wildman–Crippen MR) is 109 cm³/mol. The molecule has 4 nitrogen and oxygen atoms in total. The Morgan fingerprint density at radius 2 is 1.92 bits per heavy atom. The van der Waals surface area contributed by atoms with Crippen LogP contribution in [0.1, 0.15) is 16.9 Å². The highest BCUT2D eigenvalue weighted by molar-refractivity contribution is 9.10. The fourth-order valence-electron chi connectivity index (χ4n) is 2.35. The number of ether oxygens (including phenoxy) is 2. The number of rotatable bonds is 7. The van der Waals surface area contributed by atoms with E-state index in [9.17, 15) is 0 Å². The molecule has 1 aromatic heterocycles. The topological polar surface area (TPSA) is 43.6 Å². The van der Waals surface area contributed by atoms with Gasteiger partial charge in [0.1, 0.15) is 17.4 Å². The molecule has 0 fully saturated rings. The first-order valence-corrected chi connectivity index (χ1v) is 9.21. The smallest absolute Gasteiger partial charge is 0.161 e. The second-order valence-electron chi connectivity index (χ2n) is 5.54. The Balaban J connectivity index is 1.64. The highest BCUT2D eigenvalue weighted by atomic mass is 79.9. The molecule has 0 saturated carbocycles. The summed E-state index contributed by atoms with van der Waals surface area (Å²) in [6.07, 6.45) is 1.64. The van der Waals surface area contributed by atoms with E-state index in [0.717, 1.165) is 21.4 Å². The van der Waals surface area contributed by atoms with Crippen molar-refractivity contribution in [3.05, 3.63) is 82.2 Å². The molecule has 0 atom stereocenters. The van der Waals surface area contributed by atoms with E-state index in [-0.39, 0.29) is 0 Å². The average molecular weight is 432 g/mol. The van der Waals surface area contributed by atoms with E-state index in [0.29, 0.717) is 29.6 Å². The van der Waals surface area contributed by atoms with Gasteiger partial charge in [0.2, 0.25) is 0 Å². The molecule has 26 heavy (non-hydrogen) atoms. The van der Waals surface area contributed by atoms with Crippen molar-refractivity contribution in [2.45, 2.75) is 13.2 Å². The molecule has 3 aromatic rings. The average Bonchev–Trinajstić information content (AvgIpc) is 3.19. The fraction of sp³-hybridized carbons (Fsp3) is 0.150. The molecular formula is C20H18BrNO3S. The summed E-state index contributed by atoms with van der Waals surface area (Å²) >= 11 is 8.87. The third-order valence-corrected chi connectivity index (χ3v) is 4.65. The first kappa shape index (κ1) is 18.5. The van der Waals surface area contributed by atoms with E-state index >= 15 is 0 Å². The van der Waals surface area contributed by atoms with E-state index in [1.165, 1.54) is 0 Å². The highest BCUT2D eigenvalue weighted by Gasteiger charge is 2.09. The van der Waals surface area contributed by atoms with Crippen molar-refractivity contribution in [3.8, 4) is 11.5 Å². The molecule has 1 N–H and O–H groups in total. The Labute approximate surface area is 166 Å². The van der Waals surface area contributed by atoms with Crippen LogP contribution in [-0.4, -0.2) is 12.1 Å². The van der Waals surface area contributed by atoms with Crippen LogP contribution in [0.4, 0.5) is 0 Å². The molecule has 0 bridgehead atoms.